The summed E-state index contributed by atoms with van der Waals surface area (Å²) < 4.78 is 11.6. The number of hydrogen-bond donors (Lipinski definition) is 1. The fraction of sp³-hybridized carbons (Fsp3) is 0.364. The van der Waals surface area contributed by atoms with E-state index < -0.39 is 12.2 Å². The van der Waals surface area contributed by atoms with E-state index in [1.54, 1.807) is 11.0 Å². The fourth-order valence-electron chi connectivity index (χ4n) is 2.16. The van der Waals surface area contributed by atoms with Gasteiger partial charge in [0, 0.05) is 4.47 Å². The summed E-state index contributed by atoms with van der Waals surface area (Å²) in [5, 5.41) is 9.15. The Morgan fingerprint density at radius 2 is 2.35 bits per heavy atom. The average molecular weight is 300 g/mol. The van der Waals surface area contributed by atoms with Crippen LogP contribution in [0, 0.1) is 0 Å². The van der Waals surface area contributed by atoms with Crippen LogP contribution in [0.1, 0.15) is 0 Å². The predicted molar refractivity (Wildman–Crippen MR) is 63.3 cm³/mol. The van der Waals surface area contributed by atoms with Crippen LogP contribution >= 0.6 is 15.9 Å². The smallest absolute Gasteiger partial charge is 0.415 e. The zero-order valence-electron chi connectivity index (χ0n) is 8.80. The number of aliphatic hydroxyl groups excluding tert-OH is 1. The van der Waals surface area contributed by atoms with Gasteiger partial charge in [0.1, 0.15) is 18.4 Å². The SMILES string of the molecule is O=C1O[C@@H](CO)[C@H]2COc3cc(Br)ccc3N12. The summed E-state index contributed by atoms with van der Waals surface area (Å²) in [6.07, 6.45) is -0.944. The van der Waals surface area contributed by atoms with E-state index in [4.69, 9.17) is 14.6 Å². The highest BCUT2D eigenvalue weighted by molar-refractivity contribution is 9.10. The molecule has 1 N–H and O–H groups in total. The number of fused-ring (bicyclic) bond motifs is 3. The molecule has 0 bridgehead atoms. The topological polar surface area (TPSA) is 59.0 Å². The van der Waals surface area contributed by atoms with Crippen molar-refractivity contribution in [3.8, 4) is 5.75 Å². The van der Waals surface area contributed by atoms with Crippen LogP contribution in [-0.4, -0.2) is 36.6 Å². The Balaban J connectivity index is 2.04. The molecule has 1 aromatic carbocycles. The average Bonchev–Trinajstić information content (AvgIpc) is 2.66. The molecule has 2 heterocycles. The molecule has 0 radical (unpaired) electrons. The number of nitrogens with zero attached hydrogens (tertiary/aromatic N) is 1. The maximum Gasteiger partial charge on any atom is 0.415 e. The quantitative estimate of drug-likeness (QED) is 0.854. The van der Waals surface area contributed by atoms with E-state index in [9.17, 15) is 4.79 Å². The number of carbonyl (C=O) groups is 1. The van der Waals surface area contributed by atoms with Gasteiger partial charge < -0.3 is 14.6 Å². The van der Waals surface area contributed by atoms with Crippen LogP contribution in [0.4, 0.5) is 10.5 Å². The summed E-state index contributed by atoms with van der Waals surface area (Å²) in [4.78, 5) is 13.3. The normalized spacial score (nSPS) is 26.0. The molecule has 0 aromatic heterocycles. The van der Waals surface area contributed by atoms with Crippen LogP contribution in [0.2, 0.25) is 0 Å². The molecular formula is C11H10BrNO4. The van der Waals surface area contributed by atoms with E-state index >= 15 is 0 Å². The Hall–Kier alpha value is -1.27. The van der Waals surface area contributed by atoms with Crippen molar-refractivity contribution in [3.05, 3.63) is 22.7 Å². The molecule has 2 aliphatic heterocycles. The lowest BCUT2D eigenvalue weighted by Gasteiger charge is -2.30. The number of ether oxygens (including phenoxy) is 2. The van der Waals surface area contributed by atoms with Gasteiger partial charge in [-0.1, -0.05) is 15.9 Å². The molecule has 2 aliphatic rings. The molecule has 1 fully saturated rings. The van der Waals surface area contributed by atoms with Crippen LogP contribution in [0.25, 0.3) is 0 Å². The number of aliphatic hydroxyl groups is 1. The van der Waals surface area contributed by atoms with Crippen LogP contribution in [0.15, 0.2) is 22.7 Å². The summed E-state index contributed by atoms with van der Waals surface area (Å²) in [5.74, 6) is 0.645. The maximum atomic E-state index is 11.8. The highest BCUT2D eigenvalue weighted by Crippen LogP contribution is 2.39. The lowest BCUT2D eigenvalue weighted by Crippen LogP contribution is -2.45. The molecule has 90 valence electrons. The van der Waals surface area contributed by atoms with Gasteiger partial charge in [0.2, 0.25) is 0 Å². The number of rotatable bonds is 1. The minimum atomic E-state index is -0.515. The van der Waals surface area contributed by atoms with Crippen molar-refractivity contribution in [1.29, 1.82) is 0 Å². The molecule has 1 saturated heterocycles. The van der Waals surface area contributed by atoms with Crippen LogP contribution < -0.4 is 9.64 Å². The Labute approximate surface area is 106 Å². The minimum absolute atomic E-state index is 0.192. The molecule has 17 heavy (non-hydrogen) atoms. The zero-order valence-corrected chi connectivity index (χ0v) is 10.4. The van der Waals surface area contributed by atoms with Crippen molar-refractivity contribution in [2.24, 2.45) is 0 Å². The van der Waals surface area contributed by atoms with Gasteiger partial charge in [0.25, 0.3) is 0 Å². The second-order valence-corrected chi connectivity index (χ2v) is 4.88. The van der Waals surface area contributed by atoms with Gasteiger partial charge in [0.05, 0.1) is 12.3 Å². The molecule has 5 nitrogen and oxygen atoms in total. The number of hydrogen-bond acceptors (Lipinski definition) is 4. The lowest BCUT2D eigenvalue weighted by atomic mass is 10.1. The minimum Gasteiger partial charge on any atom is -0.489 e. The van der Waals surface area contributed by atoms with Crippen LogP contribution in [0.3, 0.4) is 0 Å². The first-order chi connectivity index (χ1) is 8.20. The number of carbonyl (C=O) groups excluding carboxylic acids is 1. The maximum absolute atomic E-state index is 11.8. The Bertz CT molecular complexity index is 479. The van der Waals surface area contributed by atoms with Gasteiger partial charge in [-0.15, -0.1) is 0 Å². The van der Waals surface area contributed by atoms with Crippen molar-refractivity contribution in [2.75, 3.05) is 18.1 Å². The predicted octanol–water partition coefficient (Wildman–Crippen LogP) is 1.53. The van der Waals surface area contributed by atoms with E-state index in [2.05, 4.69) is 15.9 Å². The Kier molecular flexibility index (Phi) is 2.48. The van der Waals surface area contributed by atoms with Crippen molar-refractivity contribution in [1.82, 2.24) is 0 Å². The number of anilines is 1. The highest BCUT2D eigenvalue weighted by atomic mass is 79.9. The molecule has 0 aliphatic carbocycles. The zero-order chi connectivity index (χ0) is 12.0. The van der Waals surface area contributed by atoms with Gasteiger partial charge in [-0.3, -0.25) is 4.90 Å². The van der Waals surface area contributed by atoms with Crippen molar-refractivity contribution in [2.45, 2.75) is 12.1 Å². The standard InChI is InChI=1S/C11H10BrNO4/c12-6-1-2-7-9(3-6)16-5-8-10(4-14)17-11(15)13(7)8/h1-3,8,10,14H,4-5H2/t8-,10+/m1/s1. The Morgan fingerprint density at radius 3 is 3.12 bits per heavy atom. The lowest BCUT2D eigenvalue weighted by molar-refractivity contribution is 0.0734. The summed E-state index contributed by atoms with van der Waals surface area (Å²) in [6.45, 7) is 0.141. The van der Waals surface area contributed by atoms with E-state index in [0.29, 0.717) is 18.0 Å². The van der Waals surface area contributed by atoms with Crippen molar-refractivity contribution < 1.29 is 19.4 Å². The summed E-state index contributed by atoms with van der Waals surface area (Å²) in [7, 11) is 0. The molecule has 0 spiro atoms. The molecule has 6 heteroatoms. The first-order valence-electron chi connectivity index (χ1n) is 5.24. The molecule has 3 rings (SSSR count). The molecule has 0 saturated carbocycles. The Morgan fingerprint density at radius 1 is 1.53 bits per heavy atom. The molecule has 1 aromatic rings. The third-order valence-electron chi connectivity index (χ3n) is 2.98. The van der Waals surface area contributed by atoms with Crippen molar-refractivity contribution in [3.63, 3.8) is 0 Å². The number of cyclic esters (lactones) is 1. The molecule has 2 atom stereocenters. The third-order valence-corrected chi connectivity index (χ3v) is 3.47. The second kappa shape index (κ2) is 3.89. The van der Waals surface area contributed by atoms with Crippen molar-refractivity contribution >= 4 is 27.7 Å². The van der Waals surface area contributed by atoms with Gasteiger partial charge in [0.15, 0.2) is 6.10 Å². The number of benzene rings is 1. The van der Waals surface area contributed by atoms with E-state index in [1.165, 1.54) is 0 Å². The number of amides is 1. The van der Waals surface area contributed by atoms with Gasteiger partial charge in [-0.25, -0.2) is 4.79 Å². The summed E-state index contributed by atoms with van der Waals surface area (Å²) in [6, 6.07) is 5.20. The first kappa shape index (κ1) is 10.9. The summed E-state index contributed by atoms with van der Waals surface area (Å²) >= 11 is 3.35. The molecule has 1 amide bonds. The van der Waals surface area contributed by atoms with Gasteiger partial charge >= 0.3 is 6.09 Å². The van der Waals surface area contributed by atoms with E-state index in [-0.39, 0.29) is 12.6 Å². The summed E-state index contributed by atoms with van der Waals surface area (Å²) in [5.41, 5.74) is 0.686. The largest absolute Gasteiger partial charge is 0.489 e. The van der Waals surface area contributed by atoms with E-state index in [0.717, 1.165) is 4.47 Å². The first-order valence-corrected chi connectivity index (χ1v) is 6.03. The molecule has 0 unspecified atom stereocenters. The third kappa shape index (κ3) is 1.59. The highest BCUT2D eigenvalue weighted by Gasteiger charge is 2.46. The fourth-order valence-corrected chi connectivity index (χ4v) is 2.50. The monoisotopic (exact) mass is 299 g/mol. The number of halogens is 1. The van der Waals surface area contributed by atoms with Gasteiger partial charge in [-0.05, 0) is 18.2 Å². The second-order valence-electron chi connectivity index (χ2n) is 3.97. The molecular weight excluding hydrogens is 290 g/mol. The van der Waals surface area contributed by atoms with Gasteiger partial charge in [-0.2, -0.15) is 0 Å². The van der Waals surface area contributed by atoms with E-state index in [1.807, 2.05) is 12.1 Å². The van der Waals surface area contributed by atoms with Crippen LogP contribution in [-0.2, 0) is 4.74 Å². The van der Waals surface area contributed by atoms with Crippen LogP contribution in [0.5, 0.6) is 5.75 Å².